The van der Waals surface area contributed by atoms with Crippen LogP contribution in [0.4, 0.5) is 4.39 Å². The third kappa shape index (κ3) is 1.82. The van der Waals surface area contributed by atoms with Crippen molar-refractivity contribution in [2.24, 2.45) is 0 Å². The van der Waals surface area contributed by atoms with Crippen molar-refractivity contribution in [3.05, 3.63) is 70.4 Å². The summed E-state index contributed by atoms with van der Waals surface area (Å²) in [7, 11) is 0. The molecule has 90 valence electrons. The molecule has 0 unspecified atom stereocenters. The molecule has 0 saturated heterocycles. The molecule has 0 aliphatic rings. The van der Waals surface area contributed by atoms with E-state index in [9.17, 15) is 9.18 Å². The standard InChI is InChI=1S/C14H11FN2O/c15-11-6-7-12-13(8-11)17(14(18)16-12)9-10-4-2-1-3-5-10/h1-8H,9H2,(H,16,18). The predicted octanol–water partition coefficient (Wildman–Crippen LogP) is 2.52. The van der Waals surface area contributed by atoms with Crippen LogP contribution in [-0.2, 0) is 6.54 Å². The zero-order chi connectivity index (χ0) is 12.5. The van der Waals surface area contributed by atoms with Crippen molar-refractivity contribution in [3.63, 3.8) is 0 Å². The van der Waals surface area contributed by atoms with Gasteiger partial charge >= 0.3 is 5.69 Å². The molecule has 1 aromatic heterocycles. The lowest BCUT2D eigenvalue weighted by Crippen LogP contribution is -2.17. The van der Waals surface area contributed by atoms with Crippen LogP contribution in [0.25, 0.3) is 11.0 Å². The highest BCUT2D eigenvalue weighted by Crippen LogP contribution is 2.13. The van der Waals surface area contributed by atoms with Gasteiger partial charge in [0.15, 0.2) is 0 Å². The van der Waals surface area contributed by atoms with Crippen LogP contribution in [0.2, 0.25) is 0 Å². The van der Waals surface area contributed by atoms with Crippen molar-refractivity contribution >= 4 is 11.0 Å². The number of benzene rings is 2. The van der Waals surface area contributed by atoms with Gasteiger partial charge in [0, 0.05) is 0 Å². The Morgan fingerprint density at radius 2 is 1.89 bits per heavy atom. The molecule has 0 fully saturated rings. The zero-order valence-corrected chi connectivity index (χ0v) is 9.56. The smallest absolute Gasteiger partial charge is 0.306 e. The van der Waals surface area contributed by atoms with Crippen LogP contribution in [0.1, 0.15) is 5.56 Å². The normalized spacial score (nSPS) is 10.9. The SMILES string of the molecule is O=c1[nH]c2ccc(F)cc2n1Cc1ccccc1. The van der Waals surface area contributed by atoms with Gasteiger partial charge in [0.1, 0.15) is 5.82 Å². The summed E-state index contributed by atoms with van der Waals surface area (Å²) in [5, 5.41) is 0. The molecule has 2 aromatic carbocycles. The number of H-pyrrole nitrogens is 1. The molecule has 0 radical (unpaired) electrons. The summed E-state index contributed by atoms with van der Waals surface area (Å²) in [4.78, 5) is 14.6. The average molecular weight is 242 g/mol. The Labute approximate surface area is 103 Å². The molecular weight excluding hydrogens is 231 g/mol. The van der Waals surface area contributed by atoms with Gasteiger partial charge in [-0.1, -0.05) is 30.3 Å². The molecule has 0 amide bonds. The van der Waals surface area contributed by atoms with Gasteiger partial charge in [-0.15, -0.1) is 0 Å². The number of halogens is 1. The van der Waals surface area contributed by atoms with Crippen LogP contribution in [0.15, 0.2) is 53.3 Å². The first kappa shape index (κ1) is 10.8. The number of fused-ring (bicyclic) bond motifs is 1. The van der Waals surface area contributed by atoms with Crippen molar-refractivity contribution in [1.82, 2.24) is 9.55 Å². The third-order valence-electron chi connectivity index (χ3n) is 2.92. The fourth-order valence-electron chi connectivity index (χ4n) is 2.05. The maximum atomic E-state index is 13.2. The topological polar surface area (TPSA) is 37.8 Å². The van der Waals surface area contributed by atoms with E-state index in [1.165, 1.54) is 16.7 Å². The van der Waals surface area contributed by atoms with Gasteiger partial charge in [-0.2, -0.15) is 0 Å². The lowest BCUT2D eigenvalue weighted by molar-refractivity contribution is 0.628. The highest BCUT2D eigenvalue weighted by Gasteiger charge is 2.07. The van der Waals surface area contributed by atoms with Crippen molar-refractivity contribution in [2.75, 3.05) is 0 Å². The van der Waals surface area contributed by atoms with Gasteiger partial charge in [0.05, 0.1) is 17.6 Å². The van der Waals surface area contributed by atoms with E-state index in [0.29, 0.717) is 17.6 Å². The van der Waals surface area contributed by atoms with Gasteiger partial charge in [0.2, 0.25) is 0 Å². The minimum absolute atomic E-state index is 0.223. The molecule has 0 atom stereocenters. The molecule has 3 aromatic rings. The first-order chi connectivity index (χ1) is 8.74. The first-order valence-electron chi connectivity index (χ1n) is 5.66. The third-order valence-corrected chi connectivity index (χ3v) is 2.92. The van der Waals surface area contributed by atoms with Crippen LogP contribution in [0.3, 0.4) is 0 Å². The summed E-state index contributed by atoms with van der Waals surface area (Å²) in [5.41, 5.74) is 2.02. The lowest BCUT2D eigenvalue weighted by atomic mass is 10.2. The average Bonchev–Trinajstić information content (AvgIpc) is 2.67. The van der Waals surface area contributed by atoms with Gasteiger partial charge in [0.25, 0.3) is 0 Å². The second-order valence-corrected chi connectivity index (χ2v) is 4.16. The van der Waals surface area contributed by atoms with Crippen molar-refractivity contribution < 1.29 is 4.39 Å². The lowest BCUT2D eigenvalue weighted by Gasteiger charge is -2.03. The molecule has 0 aliphatic carbocycles. The van der Waals surface area contributed by atoms with Crippen LogP contribution >= 0.6 is 0 Å². The molecule has 0 saturated carbocycles. The summed E-state index contributed by atoms with van der Waals surface area (Å²) in [6.07, 6.45) is 0. The van der Waals surface area contributed by atoms with E-state index in [-0.39, 0.29) is 11.5 Å². The number of hydrogen-bond acceptors (Lipinski definition) is 1. The Kier molecular flexibility index (Phi) is 2.48. The Hall–Kier alpha value is -2.36. The van der Waals surface area contributed by atoms with Gasteiger partial charge < -0.3 is 4.98 Å². The first-order valence-corrected chi connectivity index (χ1v) is 5.66. The van der Waals surface area contributed by atoms with Crippen molar-refractivity contribution in [3.8, 4) is 0 Å². The Morgan fingerprint density at radius 3 is 2.67 bits per heavy atom. The second-order valence-electron chi connectivity index (χ2n) is 4.16. The molecule has 1 N–H and O–H groups in total. The maximum absolute atomic E-state index is 13.2. The summed E-state index contributed by atoms with van der Waals surface area (Å²) < 4.78 is 14.8. The second kappa shape index (κ2) is 4.14. The van der Waals surface area contributed by atoms with E-state index in [1.54, 1.807) is 6.07 Å². The fourth-order valence-corrected chi connectivity index (χ4v) is 2.05. The Morgan fingerprint density at radius 1 is 1.11 bits per heavy atom. The molecule has 1 heterocycles. The Balaban J connectivity index is 2.14. The van der Waals surface area contributed by atoms with Gasteiger partial charge in [-0.05, 0) is 23.8 Å². The van der Waals surface area contributed by atoms with E-state index in [4.69, 9.17) is 0 Å². The largest absolute Gasteiger partial charge is 0.326 e. The molecule has 0 aliphatic heterocycles. The van der Waals surface area contributed by atoms with Crippen LogP contribution < -0.4 is 5.69 Å². The van der Waals surface area contributed by atoms with Gasteiger partial charge in [-0.3, -0.25) is 4.57 Å². The molecule has 3 nitrogen and oxygen atoms in total. The van der Waals surface area contributed by atoms with E-state index in [1.807, 2.05) is 30.3 Å². The molecule has 0 spiro atoms. The van der Waals surface area contributed by atoms with E-state index in [2.05, 4.69) is 4.98 Å². The van der Waals surface area contributed by atoms with Crippen molar-refractivity contribution in [1.29, 1.82) is 0 Å². The number of nitrogens with one attached hydrogen (secondary N) is 1. The van der Waals surface area contributed by atoms with Crippen LogP contribution in [0, 0.1) is 5.82 Å². The monoisotopic (exact) mass is 242 g/mol. The highest BCUT2D eigenvalue weighted by atomic mass is 19.1. The quantitative estimate of drug-likeness (QED) is 0.736. The van der Waals surface area contributed by atoms with Crippen LogP contribution in [-0.4, -0.2) is 9.55 Å². The summed E-state index contributed by atoms with van der Waals surface area (Å²) >= 11 is 0. The number of imidazole rings is 1. The Bertz CT molecular complexity index is 743. The van der Waals surface area contributed by atoms with Gasteiger partial charge in [-0.25, -0.2) is 9.18 Å². The number of nitrogens with zero attached hydrogens (tertiary/aromatic N) is 1. The molecule has 3 rings (SSSR count). The maximum Gasteiger partial charge on any atom is 0.326 e. The summed E-state index contributed by atoms with van der Waals surface area (Å²) in [5.74, 6) is -0.344. The highest BCUT2D eigenvalue weighted by molar-refractivity contribution is 5.75. The number of aromatic nitrogens is 2. The fraction of sp³-hybridized carbons (Fsp3) is 0.0714. The molecule has 4 heteroatoms. The zero-order valence-electron chi connectivity index (χ0n) is 9.56. The van der Waals surface area contributed by atoms with E-state index < -0.39 is 0 Å². The predicted molar refractivity (Wildman–Crippen MR) is 68.1 cm³/mol. The van der Waals surface area contributed by atoms with E-state index in [0.717, 1.165) is 5.56 Å². The van der Waals surface area contributed by atoms with Crippen LogP contribution in [0.5, 0.6) is 0 Å². The summed E-state index contributed by atoms with van der Waals surface area (Å²) in [6, 6.07) is 13.9. The molecular formula is C14H11FN2O. The number of rotatable bonds is 2. The minimum atomic E-state index is -0.344. The molecule has 0 bridgehead atoms. The van der Waals surface area contributed by atoms with Crippen molar-refractivity contribution in [2.45, 2.75) is 6.54 Å². The minimum Gasteiger partial charge on any atom is -0.306 e. The summed E-state index contributed by atoms with van der Waals surface area (Å²) in [6.45, 7) is 0.434. The number of hydrogen-bond donors (Lipinski definition) is 1. The van der Waals surface area contributed by atoms with E-state index >= 15 is 0 Å². The molecule has 18 heavy (non-hydrogen) atoms. The number of aromatic amines is 1.